The van der Waals surface area contributed by atoms with Gasteiger partial charge >= 0.3 is 0 Å². The Morgan fingerprint density at radius 2 is 1.56 bits per heavy atom. The molecule has 0 aliphatic rings. The number of fused-ring (bicyclic) bond motifs is 4. The molecule has 8 rings (SSSR count). The van der Waals surface area contributed by atoms with Crippen LogP contribution in [0.4, 0.5) is 0 Å². The van der Waals surface area contributed by atoms with Crippen LogP contribution >= 0.6 is 0 Å². The van der Waals surface area contributed by atoms with Crippen LogP contribution in [0.2, 0.25) is 19.6 Å². The van der Waals surface area contributed by atoms with E-state index in [2.05, 4.69) is 144 Å². The summed E-state index contributed by atoms with van der Waals surface area (Å²) < 4.78 is 8.68. The molecule has 5 nitrogen and oxygen atoms in total. The van der Waals surface area contributed by atoms with Crippen molar-refractivity contribution in [1.29, 1.82) is 0 Å². The van der Waals surface area contributed by atoms with Crippen molar-refractivity contribution in [3.05, 3.63) is 132 Å². The van der Waals surface area contributed by atoms with E-state index in [0.717, 1.165) is 79.8 Å². The van der Waals surface area contributed by atoms with Gasteiger partial charge in [0, 0.05) is 43.8 Å². The van der Waals surface area contributed by atoms with Crippen molar-refractivity contribution in [1.82, 2.24) is 19.5 Å². The van der Waals surface area contributed by atoms with E-state index < -0.39 is 8.07 Å². The molecule has 4 heterocycles. The van der Waals surface area contributed by atoms with E-state index in [9.17, 15) is 0 Å². The van der Waals surface area contributed by atoms with Gasteiger partial charge in [0.05, 0.1) is 36.2 Å². The minimum atomic E-state index is -1.34. The second-order valence-electron chi connectivity index (χ2n) is 15.5. The number of pyridine rings is 2. The minimum absolute atomic E-state index is 0. The summed E-state index contributed by atoms with van der Waals surface area (Å²) in [5.74, 6) is 1.54. The second kappa shape index (κ2) is 16.0. The average Bonchev–Trinajstić information content (AvgIpc) is 3.70. The number of furan rings is 1. The van der Waals surface area contributed by atoms with Crippen molar-refractivity contribution in [3.63, 3.8) is 0 Å². The Labute approximate surface area is 334 Å². The number of hydrogen-bond acceptors (Lipinski definition) is 4. The van der Waals surface area contributed by atoms with Gasteiger partial charge in [-0.05, 0) is 79.4 Å². The van der Waals surface area contributed by atoms with Gasteiger partial charge in [-0.25, -0.2) is 4.98 Å². The molecule has 0 saturated heterocycles. The summed E-state index contributed by atoms with van der Waals surface area (Å²) in [4.78, 5) is 14.6. The number of rotatable bonds is 7. The van der Waals surface area contributed by atoms with Crippen LogP contribution < -0.4 is 5.19 Å². The van der Waals surface area contributed by atoms with E-state index >= 15 is 0 Å². The SMILES string of the molecule is CC(C)Cc1cc(-c2[c-]cccc2)ncc1[Si](C)(C)C.CCn1c(-c2[c-]cc(C)c3c2oc2nc(-c4c(C)cccc4C)ccc23)nc2ccccc21.[Ir]. The predicted octanol–water partition coefficient (Wildman–Crippen LogP) is 11.7. The van der Waals surface area contributed by atoms with Crippen LogP contribution in [0.1, 0.15) is 43.0 Å². The molecular weight excluding hydrogens is 857 g/mol. The van der Waals surface area contributed by atoms with Gasteiger partial charge in [0.25, 0.3) is 0 Å². The van der Waals surface area contributed by atoms with Crippen LogP contribution in [-0.4, -0.2) is 27.6 Å². The molecule has 54 heavy (non-hydrogen) atoms. The Bertz CT molecular complexity index is 2560. The summed E-state index contributed by atoms with van der Waals surface area (Å²) in [5, 5.41) is 3.59. The van der Waals surface area contributed by atoms with Crippen LogP contribution in [0.15, 0.2) is 102 Å². The van der Waals surface area contributed by atoms with Gasteiger partial charge in [-0.3, -0.25) is 4.98 Å². The topological polar surface area (TPSA) is 56.7 Å². The first kappa shape index (κ1) is 39.0. The molecule has 8 aromatic rings. The summed E-state index contributed by atoms with van der Waals surface area (Å²) in [6, 6.07) is 37.9. The Hall–Kier alpha value is -4.68. The van der Waals surface area contributed by atoms with E-state index in [1.54, 1.807) is 0 Å². The van der Waals surface area contributed by atoms with Crippen molar-refractivity contribution in [2.75, 3.05) is 0 Å². The number of aryl methyl sites for hydroxylation is 4. The summed E-state index contributed by atoms with van der Waals surface area (Å²) in [7, 11) is -1.34. The molecule has 0 unspecified atom stereocenters. The molecule has 0 aliphatic heterocycles. The maximum absolute atomic E-state index is 6.46. The molecule has 0 fully saturated rings. The third-order valence-corrected chi connectivity index (χ3v) is 12.0. The number of para-hydroxylation sites is 2. The zero-order chi connectivity index (χ0) is 37.4. The Morgan fingerprint density at radius 3 is 2.24 bits per heavy atom. The quantitative estimate of drug-likeness (QED) is 0.118. The number of imidazole rings is 1. The normalized spacial score (nSPS) is 11.6. The number of benzene rings is 4. The molecule has 0 aliphatic carbocycles. The Morgan fingerprint density at radius 1 is 0.815 bits per heavy atom. The minimum Gasteiger partial charge on any atom is -0.486 e. The van der Waals surface area contributed by atoms with E-state index in [-0.39, 0.29) is 20.1 Å². The molecule has 0 N–H and O–H groups in total. The van der Waals surface area contributed by atoms with Gasteiger partial charge in [0.1, 0.15) is 0 Å². The molecule has 0 atom stereocenters. The van der Waals surface area contributed by atoms with E-state index in [4.69, 9.17) is 14.4 Å². The summed E-state index contributed by atoms with van der Waals surface area (Å²) in [6.07, 6.45) is 3.24. The maximum Gasteiger partial charge on any atom is 0.216 e. The van der Waals surface area contributed by atoms with Crippen LogP contribution in [-0.2, 0) is 33.1 Å². The standard InChI is InChI=1S/C29H24N3O.C18H24NSi.Ir/c1-5-32-24-12-7-6-11-22(24)30-28(32)21-14-13-19(4)26-20-15-16-23(31-29(20)33-27(21)26)25-17(2)9-8-10-18(25)3;1-14(2)11-16-12-17(15-9-7-6-8-10-15)19-13-18(16)20(3,4)5;/h6-13,15-16H,5H2,1-4H3;6-9,12-14H,11H2,1-5H3;/q2*-1;. The summed E-state index contributed by atoms with van der Waals surface area (Å²) in [6.45, 7) is 21.0. The third kappa shape index (κ3) is 7.63. The average molecular weight is 905 g/mol. The first-order valence-corrected chi connectivity index (χ1v) is 22.2. The molecule has 1 radical (unpaired) electrons. The maximum atomic E-state index is 6.46. The largest absolute Gasteiger partial charge is 0.486 e. The number of nitrogens with zero attached hydrogens (tertiary/aromatic N) is 4. The zero-order valence-electron chi connectivity index (χ0n) is 32.8. The van der Waals surface area contributed by atoms with Gasteiger partial charge in [0.15, 0.2) is 0 Å². The van der Waals surface area contributed by atoms with Crippen LogP contribution in [0.5, 0.6) is 0 Å². The number of hydrogen-bond donors (Lipinski definition) is 0. The fourth-order valence-electron chi connectivity index (χ4n) is 7.46. The Balaban J connectivity index is 0.000000205. The molecule has 277 valence electrons. The molecule has 0 spiro atoms. The van der Waals surface area contributed by atoms with Crippen molar-refractivity contribution in [3.8, 4) is 33.9 Å². The third-order valence-electron chi connectivity index (χ3n) is 9.95. The fourth-order valence-corrected chi connectivity index (χ4v) is 9.04. The van der Waals surface area contributed by atoms with Crippen molar-refractivity contribution >= 4 is 46.4 Å². The fraction of sp³-hybridized carbons (Fsp3) is 0.255. The van der Waals surface area contributed by atoms with Gasteiger partial charge < -0.3 is 14.0 Å². The first-order valence-electron chi connectivity index (χ1n) is 18.7. The van der Waals surface area contributed by atoms with Crippen LogP contribution in [0.3, 0.4) is 0 Å². The predicted molar refractivity (Wildman–Crippen MR) is 224 cm³/mol. The first-order chi connectivity index (χ1) is 25.4. The van der Waals surface area contributed by atoms with Gasteiger partial charge in [-0.1, -0.05) is 93.3 Å². The van der Waals surface area contributed by atoms with E-state index in [0.29, 0.717) is 11.6 Å². The van der Waals surface area contributed by atoms with Crippen LogP contribution in [0.25, 0.3) is 67.0 Å². The molecule has 0 bridgehead atoms. The van der Waals surface area contributed by atoms with Crippen molar-refractivity contribution in [2.24, 2.45) is 5.92 Å². The number of aromatic nitrogens is 4. The van der Waals surface area contributed by atoms with Gasteiger partial charge in [-0.2, -0.15) is 0 Å². The van der Waals surface area contributed by atoms with Crippen LogP contribution in [0, 0.1) is 38.8 Å². The molecule has 4 aromatic carbocycles. The summed E-state index contributed by atoms with van der Waals surface area (Å²) in [5.41, 5.74) is 13.6. The van der Waals surface area contributed by atoms with Crippen molar-refractivity contribution in [2.45, 2.75) is 74.1 Å². The summed E-state index contributed by atoms with van der Waals surface area (Å²) >= 11 is 0. The van der Waals surface area contributed by atoms with Crippen molar-refractivity contribution < 1.29 is 24.5 Å². The molecule has 4 aromatic heterocycles. The molecule has 0 amide bonds. The van der Waals surface area contributed by atoms with Gasteiger partial charge in [0.2, 0.25) is 5.71 Å². The van der Waals surface area contributed by atoms with E-state index in [1.165, 1.54) is 21.9 Å². The zero-order valence-corrected chi connectivity index (χ0v) is 36.2. The molecular formula is C47H48IrN4OSi-2. The smallest absolute Gasteiger partial charge is 0.216 e. The second-order valence-corrected chi connectivity index (χ2v) is 20.5. The Kier molecular flexibility index (Phi) is 11.5. The monoisotopic (exact) mass is 905 g/mol. The van der Waals surface area contributed by atoms with E-state index in [1.807, 2.05) is 36.4 Å². The van der Waals surface area contributed by atoms with Gasteiger partial charge in [-0.15, -0.1) is 53.6 Å². The molecule has 7 heteroatoms. The molecule has 0 saturated carbocycles.